The fourth-order valence-electron chi connectivity index (χ4n) is 3.01. The Balaban J connectivity index is 1.86. The van der Waals surface area contributed by atoms with Crippen LogP contribution in [0.4, 0.5) is 0 Å². The van der Waals surface area contributed by atoms with Gasteiger partial charge in [0.25, 0.3) is 0 Å². The minimum Gasteiger partial charge on any atom is -0.313 e. The van der Waals surface area contributed by atoms with Gasteiger partial charge in [0.2, 0.25) is 0 Å². The summed E-state index contributed by atoms with van der Waals surface area (Å²) in [5, 5.41) is 7.43. The average Bonchev–Trinajstić information content (AvgIpc) is 2.64. The van der Waals surface area contributed by atoms with Gasteiger partial charge in [0, 0.05) is 18.1 Å². The lowest BCUT2D eigenvalue weighted by Gasteiger charge is -2.38. The molecule has 2 aliphatic rings. The van der Waals surface area contributed by atoms with Crippen molar-refractivity contribution in [2.45, 2.75) is 64.1 Å². The number of rotatable bonds is 2. The molecule has 1 aliphatic heterocycles. The Morgan fingerprint density at radius 1 is 1.07 bits per heavy atom. The van der Waals surface area contributed by atoms with E-state index in [0.29, 0.717) is 12.1 Å². The summed E-state index contributed by atoms with van der Waals surface area (Å²) in [6.45, 7) is 5.91. The van der Waals surface area contributed by atoms with E-state index >= 15 is 0 Å². The zero-order chi connectivity index (χ0) is 9.97. The Hall–Kier alpha value is -0.0800. The zero-order valence-electron chi connectivity index (χ0n) is 9.55. The van der Waals surface area contributed by atoms with Gasteiger partial charge in [0.15, 0.2) is 0 Å². The van der Waals surface area contributed by atoms with E-state index in [1.807, 2.05) is 0 Å². The van der Waals surface area contributed by atoms with Gasteiger partial charge in [-0.2, -0.15) is 0 Å². The van der Waals surface area contributed by atoms with Crippen LogP contribution >= 0.6 is 0 Å². The van der Waals surface area contributed by atoms with Crippen molar-refractivity contribution in [1.29, 1.82) is 0 Å². The zero-order valence-corrected chi connectivity index (χ0v) is 9.55. The van der Waals surface area contributed by atoms with Crippen LogP contribution in [0, 0.1) is 5.92 Å². The highest BCUT2D eigenvalue weighted by Crippen LogP contribution is 2.22. The first-order chi connectivity index (χ1) is 6.77. The SMILES string of the molecule is CC1CCNC(C)C1NC1CCCC1. The number of piperidine rings is 1. The summed E-state index contributed by atoms with van der Waals surface area (Å²) >= 11 is 0. The molecule has 3 atom stereocenters. The Morgan fingerprint density at radius 3 is 2.43 bits per heavy atom. The molecule has 0 aromatic rings. The molecule has 2 nitrogen and oxygen atoms in total. The van der Waals surface area contributed by atoms with Crippen molar-refractivity contribution in [3.05, 3.63) is 0 Å². The summed E-state index contributed by atoms with van der Waals surface area (Å²) in [7, 11) is 0. The number of hydrogen-bond acceptors (Lipinski definition) is 2. The lowest BCUT2D eigenvalue weighted by atomic mass is 9.88. The first-order valence-corrected chi connectivity index (χ1v) is 6.27. The summed E-state index contributed by atoms with van der Waals surface area (Å²) in [6, 6.07) is 2.16. The van der Waals surface area contributed by atoms with Crippen LogP contribution in [0.25, 0.3) is 0 Å². The van der Waals surface area contributed by atoms with Crippen LogP contribution in [-0.4, -0.2) is 24.7 Å². The van der Waals surface area contributed by atoms with Crippen molar-refractivity contribution in [1.82, 2.24) is 10.6 Å². The second-order valence-electron chi connectivity index (χ2n) is 5.18. The summed E-state index contributed by atoms with van der Waals surface area (Å²) in [5.41, 5.74) is 0. The maximum atomic E-state index is 3.85. The third-order valence-corrected chi connectivity index (χ3v) is 4.00. The van der Waals surface area contributed by atoms with Crippen molar-refractivity contribution in [3.63, 3.8) is 0 Å². The van der Waals surface area contributed by atoms with E-state index in [4.69, 9.17) is 0 Å². The molecule has 1 saturated carbocycles. The molecular formula is C12H24N2. The Bertz CT molecular complexity index is 165. The van der Waals surface area contributed by atoms with E-state index in [1.54, 1.807) is 0 Å². The van der Waals surface area contributed by atoms with Crippen molar-refractivity contribution < 1.29 is 0 Å². The van der Waals surface area contributed by atoms with Gasteiger partial charge in [-0.15, -0.1) is 0 Å². The quantitative estimate of drug-likeness (QED) is 0.705. The van der Waals surface area contributed by atoms with Gasteiger partial charge >= 0.3 is 0 Å². The molecule has 1 heterocycles. The minimum absolute atomic E-state index is 0.652. The molecule has 0 radical (unpaired) electrons. The molecule has 1 aliphatic carbocycles. The Kier molecular flexibility index (Phi) is 3.45. The summed E-state index contributed by atoms with van der Waals surface area (Å²) in [6.07, 6.45) is 6.99. The monoisotopic (exact) mass is 196 g/mol. The standard InChI is InChI=1S/C12H24N2/c1-9-7-8-13-10(2)12(9)14-11-5-3-4-6-11/h9-14H,3-8H2,1-2H3. The van der Waals surface area contributed by atoms with Crippen LogP contribution in [0.3, 0.4) is 0 Å². The highest BCUT2D eigenvalue weighted by Gasteiger charge is 2.29. The third-order valence-electron chi connectivity index (χ3n) is 4.00. The molecule has 0 amide bonds. The van der Waals surface area contributed by atoms with Crippen LogP contribution in [0.15, 0.2) is 0 Å². The first kappa shape index (κ1) is 10.4. The molecule has 2 heteroatoms. The fraction of sp³-hybridized carbons (Fsp3) is 1.00. The van der Waals surface area contributed by atoms with Crippen molar-refractivity contribution in [2.75, 3.05) is 6.54 Å². The van der Waals surface area contributed by atoms with Gasteiger partial charge in [-0.25, -0.2) is 0 Å². The second kappa shape index (κ2) is 4.63. The van der Waals surface area contributed by atoms with Gasteiger partial charge in [-0.1, -0.05) is 19.8 Å². The van der Waals surface area contributed by atoms with E-state index in [9.17, 15) is 0 Å². The second-order valence-corrected chi connectivity index (χ2v) is 5.18. The summed E-state index contributed by atoms with van der Waals surface area (Å²) < 4.78 is 0. The van der Waals surface area contributed by atoms with Crippen LogP contribution in [-0.2, 0) is 0 Å². The topological polar surface area (TPSA) is 24.1 Å². The molecule has 3 unspecified atom stereocenters. The number of hydrogen-bond donors (Lipinski definition) is 2. The van der Waals surface area contributed by atoms with Gasteiger partial charge in [0.1, 0.15) is 0 Å². The van der Waals surface area contributed by atoms with Crippen LogP contribution in [0.2, 0.25) is 0 Å². The van der Waals surface area contributed by atoms with E-state index < -0.39 is 0 Å². The molecular weight excluding hydrogens is 172 g/mol. The van der Waals surface area contributed by atoms with E-state index in [2.05, 4.69) is 24.5 Å². The fourth-order valence-corrected chi connectivity index (χ4v) is 3.01. The maximum Gasteiger partial charge on any atom is 0.0247 e. The molecule has 0 aromatic heterocycles. The lowest BCUT2D eigenvalue weighted by Crippen LogP contribution is -2.56. The molecule has 14 heavy (non-hydrogen) atoms. The molecule has 1 saturated heterocycles. The molecule has 2 rings (SSSR count). The van der Waals surface area contributed by atoms with Gasteiger partial charge in [0.05, 0.1) is 0 Å². The van der Waals surface area contributed by atoms with Gasteiger partial charge in [-0.05, 0) is 38.6 Å². The van der Waals surface area contributed by atoms with E-state index in [-0.39, 0.29) is 0 Å². The lowest BCUT2D eigenvalue weighted by molar-refractivity contribution is 0.223. The summed E-state index contributed by atoms with van der Waals surface area (Å²) in [4.78, 5) is 0. The third kappa shape index (κ3) is 2.29. The molecule has 0 bridgehead atoms. The minimum atomic E-state index is 0.652. The number of nitrogens with one attached hydrogen (secondary N) is 2. The predicted octanol–water partition coefficient (Wildman–Crippen LogP) is 1.91. The summed E-state index contributed by atoms with van der Waals surface area (Å²) in [5.74, 6) is 0.840. The highest BCUT2D eigenvalue weighted by atomic mass is 15.1. The first-order valence-electron chi connectivity index (χ1n) is 6.27. The Morgan fingerprint density at radius 2 is 1.79 bits per heavy atom. The van der Waals surface area contributed by atoms with Crippen molar-refractivity contribution >= 4 is 0 Å². The van der Waals surface area contributed by atoms with Gasteiger partial charge in [-0.3, -0.25) is 0 Å². The molecule has 0 aromatic carbocycles. The van der Waals surface area contributed by atoms with Crippen LogP contribution in [0.5, 0.6) is 0 Å². The predicted molar refractivity (Wildman–Crippen MR) is 60.4 cm³/mol. The molecule has 0 spiro atoms. The molecule has 82 valence electrons. The normalized spacial score (nSPS) is 40.3. The smallest absolute Gasteiger partial charge is 0.0247 e. The van der Waals surface area contributed by atoms with Gasteiger partial charge < -0.3 is 10.6 Å². The molecule has 2 fully saturated rings. The average molecular weight is 196 g/mol. The van der Waals surface area contributed by atoms with E-state index in [1.165, 1.54) is 38.6 Å². The molecule has 2 N–H and O–H groups in total. The van der Waals surface area contributed by atoms with E-state index in [0.717, 1.165) is 12.0 Å². The Labute approximate surface area is 87.8 Å². The van der Waals surface area contributed by atoms with Crippen molar-refractivity contribution in [2.24, 2.45) is 5.92 Å². The largest absolute Gasteiger partial charge is 0.313 e. The van der Waals surface area contributed by atoms with Crippen molar-refractivity contribution in [3.8, 4) is 0 Å². The van der Waals surface area contributed by atoms with Crippen LogP contribution < -0.4 is 10.6 Å². The maximum absolute atomic E-state index is 3.85. The van der Waals surface area contributed by atoms with Crippen LogP contribution in [0.1, 0.15) is 46.0 Å². The highest BCUT2D eigenvalue weighted by molar-refractivity contribution is 4.91.